The highest BCUT2D eigenvalue weighted by Crippen LogP contribution is 2.19. The van der Waals surface area contributed by atoms with Crippen LogP contribution in [0.15, 0.2) is 34.6 Å². The summed E-state index contributed by atoms with van der Waals surface area (Å²) in [5, 5.41) is 6.32. The summed E-state index contributed by atoms with van der Waals surface area (Å²) < 4.78 is 5.11. The third kappa shape index (κ3) is 6.34. The summed E-state index contributed by atoms with van der Waals surface area (Å²) in [6.07, 6.45) is 0.800. The van der Waals surface area contributed by atoms with Crippen LogP contribution >= 0.6 is 35.3 Å². The fourth-order valence-corrected chi connectivity index (χ4v) is 2.72. The number of benzene rings is 1. The van der Waals surface area contributed by atoms with E-state index in [2.05, 4.69) is 34.5 Å². The summed E-state index contributed by atoms with van der Waals surface area (Å²) in [6.45, 7) is 4.92. The molecule has 0 radical (unpaired) electrons. The van der Waals surface area contributed by atoms with Crippen molar-refractivity contribution >= 4 is 47.0 Å². The lowest BCUT2D eigenvalue weighted by molar-refractivity contribution is 0.415. The Morgan fingerprint density at radius 1 is 1.35 bits per heavy atom. The number of hydrogen-bond donors (Lipinski definition) is 2. The normalized spacial score (nSPS) is 11.2. The maximum Gasteiger partial charge on any atom is 0.193 e. The smallest absolute Gasteiger partial charge is 0.193 e. The molecule has 0 aliphatic carbocycles. The van der Waals surface area contributed by atoms with Crippen LogP contribution in [0.4, 0.5) is 5.69 Å². The maximum absolute atomic E-state index is 5.88. The first-order valence-electron chi connectivity index (χ1n) is 7.23. The quantitative estimate of drug-likeness (QED) is 0.402. The average molecular weight is 446 g/mol. The second kappa shape index (κ2) is 9.71. The van der Waals surface area contributed by atoms with E-state index < -0.39 is 0 Å². The van der Waals surface area contributed by atoms with Crippen LogP contribution in [-0.2, 0) is 6.42 Å². The third-order valence-corrected chi connectivity index (χ3v) is 4.27. The lowest BCUT2D eigenvalue weighted by Crippen LogP contribution is -2.23. The van der Waals surface area contributed by atoms with E-state index in [0.717, 1.165) is 23.6 Å². The number of anilines is 1. The van der Waals surface area contributed by atoms with E-state index in [1.165, 1.54) is 5.01 Å². The third-order valence-electron chi connectivity index (χ3n) is 3.08. The highest BCUT2D eigenvalue weighted by atomic mass is 127. The van der Waals surface area contributed by atoms with Gasteiger partial charge in [-0.05, 0) is 24.3 Å². The van der Waals surface area contributed by atoms with Crippen molar-refractivity contribution in [2.45, 2.75) is 26.2 Å². The Morgan fingerprint density at radius 3 is 2.61 bits per heavy atom. The molecule has 0 saturated heterocycles. The van der Waals surface area contributed by atoms with Gasteiger partial charge in [-0.2, -0.15) is 0 Å². The topological polar surface area (TPSA) is 72.5 Å². The van der Waals surface area contributed by atoms with Gasteiger partial charge in [0.2, 0.25) is 0 Å². The number of hydrogen-bond acceptors (Lipinski definition) is 4. The Labute approximate surface area is 158 Å². The van der Waals surface area contributed by atoms with Gasteiger partial charge in [0, 0.05) is 30.0 Å². The first-order chi connectivity index (χ1) is 10.6. The summed E-state index contributed by atoms with van der Waals surface area (Å²) in [6, 6.07) is 7.55. The molecule has 1 heterocycles. The minimum Gasteiger partial charge on any atom is -0.497 e. The van der Waals surface area contributed by atoms with Crippen molar-refractivity contribution in [1.29, 1.82) is 0 Å². The molecule has 126 valence electrons. The van der Waals surface area contributed by atoms with E-state index in [4.69, 9.17) is 10.5 Å². The number of nitrogens with one attached hydrogen (secondary N) is 1. The molecule has 2 rings (SSSR count). The summed E-state index contributed by atoms with van der Waals surface area (Å²) in [7, 11) is 1.64. The number of ether oxygens (including phenoxy) is 1. The summed E-state index contributed by atoms with van der Waals surface area (Å²) in [5.41, 5.74) is 7.85. The number of rotatable bonds is 6. The molecule has 0 saturated carbocycles. The molecular formula is C16H23IN4OS. The van der Waals surface area contributed by atoms with Crippen molar-refractivity contribution in [3.8, 4) is 5.75 Å². The molecule has 3 N–H and O–H groups in total. The van der Waals surface area contributed by atoms with Gasteiger partial charge in [0.05, 0.1) is 17.8 Å². The number of aliphatic imine (C=N–C) groups is 1. The van der Waals surface area contributed by atoms with Gasteiger partial charge in [0.1, 0.15) is 5.75 Å². The van der Waals surface area contributed by atoms with Gasteiger partial charge < -0.3 is 15.8 Å². The van der Waals surface area contributed by atoms with Crippen LogP contribution in [0.1, 0.15) is 30.5 Å². The Hall–Kier alpha value is -1.35. The predicted octanol–water partition coefficient (Wildman–Crippen LogP) is 3.86. The lowest BCUT2D eigenvalue weighted by Gasteiger charge is -2.06. The summed E-state index contributed by atoms with van der Waals surface area (Å²) >= 11 is 1.70. The molecule has 5 nitrogen and oxygen atoms in total. The van der Waals surface area contributed by atoms with Crippen molar-refractivity contribution in [2.75, 3.05) is 19.0 Å². The van der Waals surface area contributed by atoms with Crippen molar-refractivity contribution in [3.63, 3.8) is 0 Å². The minimum absolute atomic E-state index is 0. The molecule has 1 aromatic heterocycles. The van der Waals surface area contributed by atoms with E-state index in [0.29, 0.717) is 18.4 Å². The van der Waals surface area contributed by atoms with E-state index in [-0.39, 0.29) is 24.0 Å². The first kappa shape index (κ1) is 19.7. The van der Waals surface area contributed by atoms with E-state index in [9.17, 15) is 0 Å². The molecule has 0 spiro atoms. The fourth-order valence-electron chi connectivity index (χ4n) is 1.86. The molecule has 7 heteroatoms. The van der Waals surface area contributed by atoms with E-state index in [1.54, 1.807) is 18.4 Å². The molecular weight excluding hydrogens is 423 g/mol. The minimum atomic E-state index is 0. The monoisotopic (exact) mass is 446 g/mol. The molecule has 23 heavy (non-hydrogen) atoms. The van der Waals surface area contributed by atoms with Crippen LogP contribution in [0.25, 0.3) is 0 Å². The van der Waals surface area contributed by atoms with Gasteiger partial charge in [-0.1, -0.05) is 13.8 Å². The number of halogens is 1. The molecule has 0 fully saturated rings. The van der Waals surface area contributed by atoms with E-state index >= 15 is 0 Å². The van der Waals surface area contributed by atoms with Gasteiger partial charge in [-0.25, -0.2) is 4.98 Å². The molecule has 0 aliphatic heterocycles. The summed E-state index contributed by atoms with van der Waals surface area (Å²) in [4.78, 5) is 8.91. The van der Waals surface area contributed by atoms with Crippen LogP contribution in [0.3, 0.4) is 0 Å². The number of aromatic nitrogens is 1. The maximum atomic E-state index is 5.88. The van der Waals surface area contributed by atoms with Crippen LogP contribution < -0.4 is 15.8 Å². The van der Waals surface area contributed by atoms with Gasteiger partial charge in [-0.15, -0.1) is 35.3 Å². The highest BCUT2D eigenvalue weighted by molar-refractivity contribution is 14.0. The van der Waals surface area contributed by atoms with Crippen molar-refractivity contribution in [3.05, 3.63) is 40.3 Å². The molecule has 0 aliphatic rings. The van der Waals surface area contributed by atoms with E-state index in [1.807, 2.05) is 24.3 Å². The molecule has 0 atom stereocenters. The number of thiazole rings is 1. The summed E-state index contributed by atoms with van der Waals surface area (Å²) in [5.74, 6) is 1.69. The predicted molar refractivity (Wildman–Crippen MR) is 108 cm³/mol. The average Bonchev–Trinajstić information content (AvgIpc) is 2.97. The van der Waals surface area contributed by atoms with Gasteiger partial charge >= 0.3 is 0 Å². The van der Waals surface area contributed by atoms with Gasteiger partial charge in [0.15, 0.2) is 5.96 Å². The van der Waals surface area contributed by atoms with Gasteiger partial charge in [0.25, 0.3) is 0 Å². The number of nitrogens with two attached hydrogens (primary N) is 1. The Bertz CT molecular complexity index is 625. The largest absolute Gasteiger partial charge is 0.497 e. The molecule has 0 bridgehead atoms. The Balaban J connectivity index is 0.00000264. The molecule has 0 amide bonds. The van der Waals surface area contributed by atoms with Crippen molar-refractivity contribution < 1.29 is 4.74 Å². The van der Waals surface area contributed by atoms with Crippen molar-refractivity contribution in [1.82, 2.24) is 4.98 Å². The number of nitrogens with zero attached hydrogens (tertiary/aromatic N) is 2. The second-order valence-corrected chi connectivity index (χ2v) is 6.09. The molecule has 0 unspecified atom stereocenters. The lowest BCUT2D eigenvalue weighted by atomic mass is 10.2. The van der Waals surface area contributed by atoms with Crippen LogP contribution in [-0.4, -0.2) is 24.6 Å². The molecule has 1 aromatic carbocycles. The highest BCUT2D eigenvalue weighted by Gasteiger charge is 2.05. The standard InChI is InChI=1S/C16H22N4OS.HI/c1-11(2)15-19-13(10-22-15)8-9-18-16(17)20-12-4-6-14(21-3)7-5-12;/h4-7,10-11H,8-9H2,1-3H3,(H3,17,18,20);1H. The zero-order chi connectivity index (χ0) is 15.9. The Morgan fingerprint density at radius 2 is 2.04 bits per heavy atom. The number of methoxy groups -OCH3 is 1. The molecule has 2 aromatic rings. The van der Waals surface area contributed by atoms with Crippen molar-refractivity contribution in [2.24, 2.45) is 10.7 Å². The number of guanidine groups is 1. The first-order valence-corrected chi connectivity index (χ1v) is 8.11. The van der Waals surface area contributed by atoms with Gasteiger partial charge in [-0.3, -0.25) is 4.99 Å². The second-order valence-electron chi connectivity index (χ2n) is 5.20. The zero-order valence-electron chi connectivity index (χ0n) is 13.6. The fraction of sp³-hybridized carbons (Fsp3) is 0.375. The van der Waals surface area contributed by atoms with Crippen LogP contribution in [0, 0.1) is 0 Å². The zero-order valence-corrected chi connectivity index (χ0v) is 16.7. The SMILES string of the molecule is COc1ccc(NC(N)=NCCc2csc(C(C)C)n2)cc1.I. The van der Waals surface area contributed by atoms with Crippen LogP contribution in [0.2, 0.25) is 0 Å². The Kier molecular flexibility index (Phi) is 8.32. The van der Waals surface area contributed by atoms with Crippen LogP contribution in [0.5, 0.6) is 5.75 Å².